The maximum Gasteiger partial charge on any atom is 0.253 e. The van der Waals surface area contributed by atoms with E-state index in [0.29, 0.717) is 34.6 Å². The number of tetrazole rings is 1. The van der Waals surface area contributed by atoms with Gasteiger partial charge >= 0.3 is 0 Å². The molecule has 42 heavy (non-hydrogen) atoms. The highest BCUT2D eigenvalue weighted by Gasteiger charge is 2.39. The van der Waals surface area contributed by atoms with Crippen LogP contribution in [0.2, 0.25) is 10.0 Å². The molecule has 2 aromatic heterocycles. The Labute approximate surface area is 259 Å². The minimum Gasteiger partial charge on any atom is -0.390 e. The number of likely N-dealkylation sites (tertiary alicyclic amines) is 2. The van der Waals surface area contributed by atoms with Crippen LogP contribution >= 0.6 is 34.5 Å². The number of thiophene rings is 1. The molecule has 220 valence electrons. The standard InChI is InChI=1S/C31H34Cl2N6O2S/c32-27-8-7-23(16-28(27)33)30(40)38-18-25(26(19-38)24-9-15-42-20-24)17-37-13-11-31(41,12-14-37)10-3-5-22-4-1-2-6-29(22)39-21-34-35-36-39/h1-2,4,6-9,15-16,20-21,25-26,41H,3,5,10-14,17-19H2. The van der Waals surface area contributed by atoms with Crippen molar-refractivity contribution in [3.63, 3.8) is 0 Å². The minimum absolute atomic E-state index is 0.00836. The molecule has 4 heterocycles. The number of aromatic nitrogens is 4. The van der Waals surface area contributed by atoms with Gasteiger partial charge in [0.05, 0.1) is 21.3 Å². The lowest BCUT2D eigenvalue weighted by Gasteiger charge is -2.39. The molecule has 0 saturated carbocycles. The van der Waals surface area contributed by atoms with Crippen LogP contribution in [0.1, 0.15) is 53.1 Å². The third-order valence-electron chi connectivity index (χ3n) is 8.82. The zero-order valence-electron chi connectivity index (χ0n) is 23.3. The molecule has 0 spiro atoms. The maximum atomic E-state index is 13.4. The number of amides is 1. The van der Waals surface area contributed by atoms with Crippen molar-refractivity contribution in [3.05, 3.63) is 92.4 Å². The van der Waals surface area contributed by atoms with E-state index in [-0.39, 0.29) is 11.8 Å². The Balaban J connectivity index is 1.05. The molecular weight excluding hydrogens is 591 g/mol. The molecule has 2 aromatic carbocycles. The van der Waals surface area contributed by atoms with Crippen molar-refractivity contribution in [2.24, 2.45) is 5.92 Å². The number of benzene rings is 2. The lowest BCUT2D eigenvalue weighted by molar-refractivity contribution is -0.0315. The highest BCUT2D eigenvalue weighted by atomic mass is 35.5. The predicted octanol–water partition coefficient (Wildman–Crippen LogP) is 5.74. The van der Waals surface area contributed by atoms with Gasteiger partial charge < -0.3 is 14.9 Å². The highest BCUT2D eigenvalue weighted by Crippen LogP contribution is 2.37. The van der Waals surface area contributed by atoms with Gasteiger partial charge in [-0.3, -0.25) is 4.79 Å². The predicted molar refractivity (Wildman–Crippen MR) is 166 cm³/mol. The van der Waals surface area contributed by atoms with E-state index in [9.17, 15) is 9.90 Å². The monoisotopic (exact) mass is 624 g/mol. The number of carbonyl (C=O) groups is 1. The van der Waals surface area contributed by atoms with Crippen molar-refractivity contribution in [2.75, 3.05) is 32.7 Å². The van der Waals surface area contributed by atoms with Gasteiger partial charge in [-0.25, -0.2) is 4.68 Å². The van der Waals surface area contributed by atoms with E-state index in [2.05, 4.69) is 43.3 Å². The zero-order chi connectivity index (χ0) is 29.1. The van der Waals surface area contributed by atoms with Crippen LogP contribution in [0.3, 0.4) is 0 Å². The van der Waals surface area contributed by atoms with Crippen LogP contribution in [-0.2, 0) is 6.42 Å². The largest absolute Gasteiger partial charge is 0.390 e. The Morgan fingerprint density at radius 3 is 2.64 bits per heavy atom. The van der Waals surface area contributed by atoms with E-state index in [1.807, 2.05) is 23.1 Å². The Bertz CT molecular complexity index is 1490. The molecule has 2 aliphatic heterocycles. The molecule has 2 atom stereocenters. The first-order chi connectivity index (χ1) is 20.4. The molecule has 1 N–H and O–H groups in total. The molecule has 2 saturated heterocycles. The van der Waals surface area contributed by atoms with E-state index in [4.69, 9.17) is 23.2 Å². The second-order valence-electron chi connectivity index (χ2n) is 11.5. The Morgan fingerprint density at radius 1 is 1.07 bits per heavy atom. The zero-order valence-corrected chi connectivity index (χ0v) is 25.6. The van der Waals surface area contributed by atoms with Crippen molar-refractivity contribution >= 4 is 40.4 Å². The topological polar surface area (TPSA) is 87.4 Å². The number of carbonyl (C=O) groups excluding carboxylic acids is 1. The number of hydrogen-bond acceptors (Lipinski definition) is 7. The number of aryl methyl sites for hydroxylation is 1. The molecule has 0 bridgehead atoms. The maximum absolute atomic E-state index is 13.4. The molecule has 6 rings (SSSR count). The van der Waals surface area contributed by atoms with Gasteiger partial charge in [0.1, 0.15) is 6.33 Å². The third-order valence-corrected chi connectivity index (χ3v) is 10.3. The summed E-state index contributed by atoms with van der Waals surface area (Å²) in [5, 5.41) is 28.1. The molecule has 1 amide bonds. The van der Waals surface area contributed by atoms with Crippen molar-refractivity contribution in [2.45, 2.75) is 43.6 Å². The fraction of sp³-hybridized carbons (Fsp3) is 0.419. The number of aliphatic hydroxyl groups is 1. The van der Waals surface area contributed by atoms with Crippen LogP contribution in [0.5, 0.6) is 0 Å². The molecule has 0 aliphatic carbocycles. The number of nitrogens with zero attached hydrogens (tertiary/aromatic N) is 6. The number of hydrogen-bond donors (Lipinski definition) is 1. The van der Waals surface area contributed by atoms with Gasteiger partial charge in [-0.1, -0.05) is 41.4 Å². The fourth-order valence-electron chi connectivity index (χ4n) is 6.46. The average Bonchev–Trinajstić information content (AvgIpc) is 3.78. The van der Waals surface area contributed by atoms with Gasteiger partial charge in [0.2, 0.25) is 0 Å². The van der Waals surface area contributed by atoms with E-state index in [0.717, 1.165) is 57.4 Å². The van der Waals surface area contributed by atoms with Gasteiger partial charge in [-0.05, 0) is 101 Å². The molecule has 2 aliphatic rings. The summed E-state index contributed by atoms with van der Waals surface area (Å²) in [4.78, 5) is 17.8. The molecular formula is C31H34Cl2N6O2S. The summed E-state index contributed by atoms with van der Waals surface area (Å²) in [6.45, 7) is 3.99. The summed E-state index contributed by atoms with van der Waals surface area (Å²) in [5.41, 5.74) is 3.36. The molecule has 11 heteroatoms. The van der Waals surface area contributed by atoms with Crippen LogP contribution in [0, 0.1) is 5.92 Å². The summed E-state index contributed by atoms with van der Waals surface area (Å²) in [6, 6.07) is 15.4. The molecule has 2 fully saturated rings. The van der Waals surface area contributed by atoms with E-state index < -0.39 is 5.60 Å². The van der Waals surface area contributed by atoms with Gasteiger partial charge in [-0.15, -0.1) is 5.10 Å². The van der Waals surface area contributed by atoms with Crippen LogP contribution in [-0.4, -0.2) is 79.3 Å². The molecule has 8 nitrogen and oxygen atoms in total. The van der Waals surface area contributed by atoms with Crippen molar-refractivity contribution in [1.82, 2.24) is 30.0 Å². The smallest absolute Gasteiger partial charge is 0.253 e. The molecule has 4 aromatic rings. The lowest BCUT2D eigenvalue weighted by atomic mass is 9.84. The van der Waals surface area contributed by atoms with Crippen molar-refractivity contribution < 1.29 is 9.90 Å². The summed E-state index contributed by atoms with van der Waals surface area (Å²) in [6.07, 6.45) is 5.63. The Morgan fingerprint density at radius 2 is 1.90 bits per heavy atom. The van der Waals surface area contributed by atoms with E-state index >= 15 is 0 Å². The molecule has 0 radical (unpaired) electrons. The summed E-state index contributed by atoms with van der Waals surface area (Å²) < 4.78 is 1.69. The Kier molecular flexibility index (Phi) is 8.93. The first-order valence-corrected chi connectivity index (χ1v) is 16.1. The van der Waals surface area contributed by atoms with Gasteiger partial charge in [0, 0.05) is 44.2 Å². The quantitative estimate of drug-likeness (QED) is 0.256. The minimum atomic E-state index is -0.654. The Hall–Kier alpha value is -2.82. The van der Waals surface area contributed by atoms with Crippen LogP contribution in [0.4, 0.5) is 0 Å². The van der Waals surface area contributed by atoms with Gasteiger partial charge in [0.25, 0.3) is 5.91 Å². The second kappa shape index (κ2) is 12.8. The second-order valence-corrected chi connectivity index (χ2v) is 13.1. The molecule has 2 unspecified atom stereocenters. The number of para-hydroxylation sites is 1. The summed E-state index contributed by atoms with van der Waals surface area (Å²) in [5.74, 6) is 0.593. The first-order valence-electron chi connectivity index (χ1n) is 14.4. The fourth-order valence-corrected chi connectivity index (χ4v) is 7.48. The number of rotatable bonds is 9. The summed E-state index contributed by atoms with van der Waals surface area (Å²) in [7, 11) is 0. The van der Waals surface area contributed by atoms with E-state index in [1.165, 1.54) is 11.1 Å². The van der Waals surface area contributed by atoms with Gasteiger partial charge in [0.15, 0.2) is 0 Å². The van der Waals surface area contributed by atoms with Crippen LogP contribution in [0.25, 0.3) is 5.69 Å². The van der Waals surface area contributed by atoms with E-state index in [1.54, 1.807) is 40.5 Å². The normalized spacial score (nSPS) is 20.7. The lowest BCUT2D eigenvalue weighted by Crippen LogP contribution is -2.46. The third kappa shape index (κ3) is 6.55. The van der Waals surface area contributed by atoms with Crippen LogP contribution < -0.4 is 0 Å². The van der Waals surface area contributed by atoms with Crippen molar-refractivity contribution in [3.8, 4) is 5.69 Å². The number of halogens is 2. The van der Waals surface area contributed by atoms with Gasteiger partial charge in [-0.2, -0.15) is 11.3 Å². The number of piperidine rings is 1. The summed E-state index contributed by atoms with van der Waals surface area (Å²) >= 11 is 14.0. The average molecular weight is 626 g/mol. The SMILES string of the molecule is O=C(c1ccc(Cl)c(Cl)c1)N1CC(CN2CCC(O)(CCCc3ccccc3-n3cnnn3)CC2)C(c2ccsc2)C1. The highest BCUT2D eigenvalue weighted by molar-refractivity contribution is 7.08. The van der Waals surface area contributed by atoms with Crippen LogP contribution in [0.15, 0.2) is 65.6 Å². The van der Waals surface area contributed by atoms with Crippen molar-refractivity contribution in [1.29, 1.82) is 0 Å². The first kappa shape index (κ1) is 29.3.